The fourth-order valence-electron chi connectivity index (χ4n) is 4.03. The molecule has 0 spiro atoms. The molecule has 0 aliphatic carbocycles. The second-order valence-corrected chi connectivity index (χ2v) is 8.28. The fourth-order valence-corrected chi connectivity index (χ4v) is 4.03. The molecule has 0 atom stereocenters. The Kier molecular flexibility index (Phi) is 9.89. The standard InChI is InChI=1S/C23H40N6O/c1-3-24-23(25-9-12-28-11-6-10-27(2)13-14-28)26-19-21-7-4-5-8-22(21)20-29-15-17-30-18-16-29/h4-5,7-8H,3,6,9-20H2,1-2H3,(H2,24,25,26). The molecular weight excluding hydrogens is 376 g/mol. The number of hydrogen-bond acceptors (Lipinski definition) is 5. The summed E-state index contributed by atoms with van der Waals surface area (Å²) < 4.78 is 5.48. The largest absolute Gasteiger partial charge is 0.379 e. The van der Waals surface area contributed by atoms with E-state index in [4.69, 9.17) is 9.73 Å². The molecule has 2 aliphatic heterocycles. The van der Waals surface area contributed by atoms with Crippen molar-refractivity contribution in [2.24, 2.45) is 4.99 Å². The van der Waals surface area contributed by atoms with Crippen LogP contribution in [0, 0.1) is 0 Å². The highest BCUT2D eigenvalue weighted by Gasteiger charge is 2.13. The smallest absolute Gasteiger partial charge is 0.191 e. The van der Waals surface area contributed by atoms with E-state index in [1.54, 1.807) is 0 Å². The lowest BCUT2D eigenvalue weighted by molar-refractivity contribution is 0.0341. The van der Waals surface area contributed by atoms with Gasteiger partial charge in [-0.15, -0.1) is 0 Å². The van der Waals surface area contributed by atoms with E-state index in [2.05, 4.69) is 63.6 Å². The zero-order chi connectivity index (χ0) is 21.0. The highest BCUT2D eigenvalue weighted by atomic mass is 16.5. The first-order chi connectivity index (χ1) is 14.7. The van der Waals surface area contributed by atoms with Crippen LogP contribution in [0.5, 0.6) is 0 Å². The van der Waals surface area contributed by atoms with Crippen LogP contribution in [0.4, 0.5) is 0 Å². The van der Waals surface area contributed by atoms with Crippen LogP contribution in [0.1, 0.15) is 24.5 Å². The van der Waals surface area contributed by atoms with Crippen LogP contribution in [-0.4, -0.2) is 99.8 Å². The number of aliphatic imine (C=N–C) groups is 1. The summed E-state index contributed by atoms with van der Waals surface area (Å²) in [6.07, 6.45) is 1.25. The van der Waals surface area contributed by atoms with Crippen LogP contribution < -0.4 is 10.6 Å². The van der Waals surface area contributed by atoms with Crippen molar-refractivity contribution in [3.63, 3.8) is 0 Å². The molecule has 1 aromatic rings. The lowest BCUT2D eigenvalue weighted by Gasteiger charge is -2.27. The van der Waals surface area contributed by atoms with E-state index in [-0.39, 0.29) is 0 Å². The second-order valence-electron chi connectivity index (χ2n) is 8.28. The SMILES string of the molecule is CCNC(=NCc1ccccc1CN1CCOCC1)NCCN1CCCN(C)CC1. The molecule has 2 saturated heterocycles. The molecule has 0 amide bonds. The quantitative estimate of drug-likeness (QED) is 0.491. The van der Waals surface area contributed by atoms with E-state index in [9.17, 15) is 0 Å². The summed E-state index contributed by atoms with van der Waals surface area (Å²) in [5.41, 5.74) is 2.67. The van der Waals surface area contributed by atoms with E-state index in [0.29, 0.717) is 6.54 Å². The Labute approximate surface area is 182 Å². The molecule has 30 heavy (non-hydrogen) atoms. The van der Waals surface area contributed by atoms with Gasteiger partial charge in [-0.25, -0.2) is 4.99 Å². The average Bonchev–Trinajstić information content (AvgIpc) is 2.98. The van der Waals surface area contributed by atoms with E-state index in [1.807, 2.05) is 0 Å². The maximum absolute atomic E-state index is 5.48. The van der Waals surface area contributed by atoms with Gasteiger partial charge in [0.15, 0.2) is 5.96 Å². The van der Waals surface area contributed by atoms with E-state index in [1.165, 1.54) is 30.6 Å². The summed E-state index contributed by atoms with van der Waals surface area (Å²) in [6, 6.07) is 8.68. The van der Waals surface area contributed by atoms with Crippen LogP contribution in [-0.2, 0) is 17.8 Å². The van der Waals surface area contributed by atoms with Crippen LogP contribution >= 0.6 is 0 Å². The molecule has 2 aliphatic rings. The van der Waals surface area contributed by atoms with Crippen molar-refractivity contribution in [2.45, 2.75) is 26.4 Å². The number of morpholine rings is 1. The maximum Gasteiger partial charge on any atom is 0.191 e. The lowest BCUT2D eigenvalue weighted by Crippen LogP contribution is -2.42. The minimum atomic E-state index is 0.699. The molecule has 1 aromatic carbocycles. The number of nitrogens with one attached hydrogen (secondary N) is 2. The van der Waals surface area contributed by atoms with Crippen LogP contribution in [0.2, 0.25) is 0 Å². The molecule has 2 fully saturated rings. The zero-order valence-electron chi connectivity index (χ0n) is 18.9. The Balaban J connectivity index is 1.51. The first kappa shape index (κ1) is 23.0. The Morgan fingerprint density at radius 2 is 1.77 bits per heavy atom. The molecule has 0 saturated carbocycles. The molecule has 3 rings (SSSR count). The molecule has 0 unspecified atom stereocenters. The molecule has 0 radical (unpaired) electrons. The van der Waals surface area contributed by atoms with Crippen molar-refractivity contribution in [3.8, 4) is 0 Å². The number of nitrogens with zero attached hydrogens (tertiary/aromatic N) is 4. The normalized spacial score (nSPS) is 20.1. The number of rotatable bonds is 8. The van der Waals surface area contributed by atoms with Gasteiger partial charge in [-0.2, -0.15) is 0 Å². The van der Waals surface area contributed by atoms with Gasteiger partial charge in [0.2, 0.25) is 0 Å². The molecule has 0 aromatic heterocycles. The Morgan fingerprint density at radius 3 is 2.57 bits per heavy atom. The van der Waals surface area contributed by atoms with Crippen molar-refractivity contribution < 1.29 is 4.74 Å². The summed E-state index contributed by atoms with van der Waals surface area (Å²) in [7, 11) is 2.22. The predicted molar refractivity (Wildman–Crippen MR) is 124 cm³/mol. The van der Waals surface area contributed by atoms with Gasteiger partial charge in [0.25, 0.3) is 0 Å². The molecule has 7 nitrogen and oxygen atoms in total. The Morgan fingerprint density at radius 1 is 0.967 bits per heavy atom. The van der Waals surface area contributed by atoms with Crippen molar-refractivity contribution in [2.75, 3.05) is 79.2 Å². The predicted octanol–water partition coefficient (Wildman–Crippen LogP) is 1.21. The summed E-state index contributed by atoms with van der Waals surface area (Å²) >= 11 is 0. The van der Waals surface area contributed by atoms with Gasteiger partial charge >= 0.3 is 0 Å². The van der Waals surface area contributed by atoms with Gasteiger partial charge in [0, 0.05) is 52.4 Å². The number of hydrogen-bond donors (Lipinski definition) is 2. The van der Waals surface area contributed by atoms with Gasteiger partial charge in [-0.1, -0.05) is 24.3 Å². The number of ether oxygens (including phenoxy) is 1. The topological polar surface area (TPSA) is 55.4 Å². The molecular formula is C23H40N6O. The molecule has 2 heterocycles. The number of benzene rings is 1. The van der Waals surface area contributed by atoms with Crippen LogP contribution in [0.3, 0.4) is 0 Å². The van der Waals surface area contributed by atoms with Crippen molar-refractivity contribution in [3.05, 3.63) is 35.4 Å². The zero-order valence-corrected chi connectivity index (χ0v) is 18.9. The summed E-state index contributed by atoms with van der Waals surface area (Å²) in [4.78, 5) is 12.3. The third-order valence-electron chi connectivity index (χ3n) is 5.90. The van der Waals surface area contributed by atoms with Gasteiger partial charge < -0.3 is 25.2 Å². The minimum absolute atomic E-state index is 0.699. The Hall–Kier alpha value is -1.67. The van der Waals surface area contributed by atoms with Crippen molar-refractivity contribution in [1.29, 1.82) is 0 Å². The number of likely N-dealkylation sites (N-methyl/N-ethyl adjacent to an activating group) is 1. The third kappa shape index (κ3) is 7.87. The molecule has 168 valence electrons. The number of guanidine groups is 1. The third-order valence-corrected chi connectivity index (χ3v) is 5.90. The maximum atomic E-state index is 5.48. The van der Waals surface area contributed by atoms with E-state index < -0.39 is 0 Å². The van der Waals surface area contributed by atoms with Crippen LogP contribution in [0.25, 0.3) is 0 Å². The van der Waals surface area contributed by atoms with Gasteiger partial charge in [-0.05, 0) is 44.6 Å². The van der Waals surface area contributed by atoms with Crippen molar-refractivity contribution in [1.82, 2.24) is 25.3 Å². The summed E-state index contributed by atoms with van der Waals surface area (Å²) in [6.45, 7) is 15.0. The molecule has 2 N–H and O–H groups in total. The van der Waals surface area contributed by atoms with Gasteiger partial charge in [0.05, 0.1) is 19.8 Å². The van der Waals surface area contributed by atoms with E-state index in [0.717, 1.165) is 71.5 Å². The fraction of sp³-hybridized carbons (Fsp3) is 0.696. The van der Waals surface area contributed by atoms with Gasteiger partial charge in [-0.3, -0.25) is 4.90 Å². The van der Waals surface area contributed by atoms with Crippen LogP contribution in [0.15, 0.2) is 29.3 Å². The summed E-state index contributed by atoms with van der Waals surface area (Å²) in [5, 5.41) is 6.92. The van der Waals surface area contributed by atoms with Crippen molar-refractivity contribution >= 4 is 5.96 Å². The Bertz CT molecular complexity index is 646. The minimum Gasteiger partial charge on any atom is -0.379 e. The monoisotopic (exact) mass is 416 g/mol. The highest BCUT2D eigenvalue weighted by Crippen LogP contribution is 2.14. The second kappa shape index (κ2) is 12.9. The molecule has 0 bridgehead atoms. The van der Waals surface area contributed by atoms with Gasteiger partial charge in [0.1, 0.15) is 0 Å². The first-order valence-electron chi connectivity index (χ1n) is 11.5. The highest BCUT2D eigenvalue weighted by molar-refractivity contribution is 5.79. The van der Waals surface area contributed by atoms with E-state index >= 15 is 0 Å². The molecule has 7 heteroatoms. The summed E-state index contributed by atoms with van der Waals surface area (Å²) in [5.74, 6) is 0.908. The first-order valence-corrected chi connectivity index (χ1v) is 11.5. The average molecular weight is 417 g/mol. The lowest BCUT2D eigenvalue weighted by atomic mass is 10.1.